The molecule has 0 aliphatic heterocycles. The van der Waals surface area contributed by atoms with Crippen molar-refractivity contribution in [3.63, 3.8) is 0 Å². The van der Waals surface area contributed by atoms with E-state index in [2.05, 4.69) is 15.3 Å². The molecule has 56 valence electrons. The molecule has 2 aromatic rings. The quantitative estimate of drug-likeness (QED) is 0.551. The highest BCUT2D eigenvalue weighted by molar-refractivity contribution is 5.69. The monoisotopic (exact) mass is 148 g/mol. The molecule has 0 saturated heterocycles. The van der Waals surface area contributed by atoms with Crippen LogP contribution >= 0.6 is 0 Å². The smallest absolute Gasteiger partial charge is 0.201 e. The third-order valence-corrected chi connectivity index (χ3v) is 1.62. The lowest BCUT2D eigenvalue weighted by atomic mass is 10.3. The maximum atomic E-state index is 4.20. The maximum absolute atomic E-state index is 4.20. The minimum atomic E-state index is 0.715. The summed E-state index contributed by atoms with van der Waals surface area (Å²) in [5.74, 6) is 0. The molecule has 0 atom stereocenters. The summed E-state index contributed by atoms with van der Waals surface area (Å²) in [6.45, 7) is 1.94. The molecule has 0 bridgehead atoms. The van der Waals surface area contributed by atoms with Crippen LogP contribution in [0.2, 0.25) is 0 Å². The fraction of sp³-hybridized carbons (Fsp3) is 0.286. The van der Waals surface area contributed by atoms with E-state index in [0.717, 1.165) is 11.2 Å². The summed E-state index contributed by atoms with van der Waals surface area (Å²) >= 11 is 0. The zero-order chi connectivity index (χ0) is 7.84. The lowest BCUT2D eigenvalue weighted by molar-refractivity contribution is 0.736. The molecule has 11 heavy (non-hydrogen) atoms. The van der Waals surface area contributed by atoms with E-state index in [1.807, 2.05) is 26.1 Å². The Balaban J connectivity index is 2.86. The van der Waals surface area contributed by atoms with E-state index in [0.29, 0.717) is 5.65 Å². The summed E-state index contributed by atoms with van der Waals surface area (Å²) in [6, 6.07) is 3.92. The predicted octanol–water partition coefficient (Wildman–Crippen LogP) is 0.672. The molecular weight excluding hydrogens is 140 g/mol. The Morgan fingerprint density at radius 2 is 2.18 bits per heavy atom. The van der Waals surface area contributed by atoms with E-state index >= 15 is 0 Å². The van der Waals surface area contributed by atoms with E-state index in [1.165, 1.54) is 0 Å². The molecule has 2 aromatic heterocycles. The van der Waals surface area contributed by atoms with Gasteiger partial charge in [-0.25, -0.2) is 9.67 Å². The zero-order valence-electron chi connectivity index (χ0n) is 6.44. The molecule has 0 unspecified atom stereocenters. The Morgan fingerprint density at radius 3 is 3.00 bits per heavy atom. The van der Waals surface area contributed by atoms with E-state index in [4.69, 9.17) is 0 Å². The van der Waals surface area contributed by atoms with Crippen molar-refractivity contribution < 1.29 is 0 Å². The first kappa shape index (κ1) is 6.27. The van der Waals surface area contributed by atoms with Gasteiger partial charge in [-0.15, -0.1) is 5.10 Å². The summed E-state index contributed by atoms with van der Waals surface area (Å²) in [5, 5.41) is 7.72. The molecule has 0 fully saturated rings. The summed E-state index contributed by atoms with van der Waals surface area (Å²) in [7, 11) is 1.85. The van der Waals surface area contributed by atoms with Crippen molar-refractivity contribution in [3.05, 3.63) is 17.8 Å². The second kappa shape index (κ2) is 2.02. The van der Waals surface area contributed by atoms with Gasteiger partial charge in [0.05, 0.1) is 0 Å². The standard InChI is InChI=1S/C7H8N4/c1-5-3-4-6-7(8-5)9-10-11(6)2/h3-4H,1-2H3. The fourth-order valence-electron chi connectivity index (χ4n) is 1.02. The van der Waals surface area contributed by atoms with Gasteiger partial charge < -0.3 is 0 Å². The molecule has 0 spiro atoms. The highest BCUT2D eigenvalue weighted by atomic mass is 15.4. The predicted molar refractivity (Wildman–Crippen MR) is 41.0 cm³/mol. The van der Waals surface area contributed by atoms with Gasteiger partial charge in [-0.3, -0.25) is 0 Å². The van der Waals surface area contributed by atoms with Crippen molar-refractivity contribution >= 4 is 11.2 Å². The number of pyridine rings is 1. The average molecular weight is 148 g/mol. The topological polar surface area (TPSA) is 43.6 Å². The molecule has 2 rings (SSSR count). The number of aromatic nitrogens is 4. The van der Waals surface area contributed by atoms with Crippen LogP contribution in [0.15, 0.2) is 12.1 Å². The molecule has 0 amide bonds. The third-order valence-electron chi connectivity index (χ3n) is 1.62. The normalized spacial score (nSPS) is 10.7. The Bertz CT molecular complexity index is 390. The first-order valence-corrected chi connectivity index (χ1v) is 3.40. The molecule has 0 saturated carbocycles. The largest absolute Gasteiger partial charge is 0.246 e. The molecule has 4 heteroatoms. The number of hydrogen-bond acceptors (Lipinski definition) is 3. The Labute approximate surface area is 63.9 Å². The molecule has 0 aliphatic carbocycles. The molecule has 0 aromatic carbocycles. The van der Waals surface area contributed by atoms with Crippen LogP contribution in [0, 0.1) is 6.92 Å². The lowest BCUT2D eigenvalue weighted by Gasteiger charge is -1.91. The Kier molecular flexibility index (Phi) is 1.15. The van der Waals surface area contributed by atoms with Crippen LogP contribution < -0.4 is 0 Å². The first-order valence-electron chi connectivity index (χ1n) is 3.40. The average Bonchev–Trinajstić information content (AvgIpc) is 2.32. The van der Waals surface area contributed by atoms with Crippen molar-refractivity contribution in [2.75, 3.05) is 0 Å². The number of hydrogen-bond donors (Lipinski definition) is 0. The Hall–Kier alpha value is -1.45. The van der Waals surface area contributed by atoms with Gasteiger partial charge in [0.15, 0.2) is 0 Å². The lowest BCUT2D eigenvalue weighted by Crippen LogP contribution is -1.89. The summed E-state index contributed by atoms with van der Waals surface area (Å²) in [4.78, 5) is 4.20. The van der Waals surface area contributed by atoms with Crippen LogP contribution in [0.1, 0.15) is 5.69 Å². The highest BCUT2D eigenvalue weighted by Gasteiger charge is 2.00. The maximum Gasteiger partial charge on any atom is 0.201 e. The SMILES string of the molecule is Cc1ccc2c(nnn2C)n1. The molecule has 4 nitrogen and oxygen atoms in total. The van der Waals surface area contributed by atoms with Gasteiger partial charge in [0, 0.05) is 12.7 Å². The number of rotatable bonds is 0. The van der Waals surface area contributed by atoms with Gasteiger partial charge in [0.1, 0.15) is 5.52 Å². The summed E-state index contributed by atoms with van der Waals surface area (Å²) in [6.07, 6.45) is 0. The minimum absolute atomic E-state index is 0.715. The van der Waals surface area contributed by atoms with Crippen molar-refractivity contribution in [2.24, 2.45) is 7.05 Å². The van der Waals surface area contributed by atoms with E-state index in [9.17, 15) is 0 Å². The summed E-state index contributed by atoms with van der Waals surface area (Å²) in [5.41, 5.74) is 2.65. The van der Waals surface area contributed by atoms with Gasteiger partial charge in [-0.1, -0.05) is 5.21 Å². The number of aryl methyl sites for hydroxylation is 2. The van der Waals surface area contributed by atoms with Crippen LogP contribution in [0.4, 0.5) is 0 Å². The van der Waals surface area contributed by atoms with Crippen LogP contribution in [0.25, 0.3) is 11.2 Å². The van der Waals surface area contributed by atoms with Crippen molar-refractivity contribution in [1.29, 1.82) is 0 Å². The second-order valence-electron chi connectivity index (χ2n) is 2.51. The fourth-order valence-corrected chi connectivity index (χ4v) is 1.02. The van der Waals surface area contributed by atoms with Crippen LogP contribution in [0.3, 0.4) is 0 Å². The summed E-state index contributed by atoms with van der Waals surface area (Å²) < 4.78 is 1.71. The molecule has 0 radical (unpaired) electrons. The van der Waals surface area contributed by atoms with Gasteiger partial charge >= 0.3 is 0 Å². The number of nitrogens with zero attached hydrogens (tertiary/aromatic N) is 4. The van der Waals surface area contributed by atoms with Gasteiger partial charge in [-0.05, 0) is 19.1 Å². The molecular formula is C7H8N4. The van der Waals surface area contributed by atoms with Gasteiger partial charge in [0.2, 0.25) is 5.65 Å². The van der Waals surface area contributed by atoms with Crippen LogP contribution in [-0.4, -0.2) is 20.0 Å². The van der Waals surface area contributed by atoms with Gasteiger partial charge in [0.25, 0.3) is 0 Å². The third kappa shape index (κ3) is 0.869. The second-order valence-corrected chi connectivity index (χ2v) is 2.51. The molecule has 0 N–H and O–H groups in total. The van der Waals surface area contributed by atoms with Crippen molar-refractivity contribution in [1.82, 2.24) is 20.0 Å². The minimum Gasteiger partial charge on any atom is -0.246 e. The zero-order valence-corrected chi connectivity index (χ0v) is 6.44. The van der Waals surface area contributed by atoms with E-state index < -0.39 is 0 Å². The van der Waals surface area contributed by atoms with Gasteiger partial charge in [-0.2, -0.15) is 0 Å². The van der Waals surface area contributed by atoms with E-state index in [-0.39, 0.29) is 0 Å². The first-order chi connectivity index (χ1) is 5.27. The highest BCUT2D eigenvalue weighted by Crippen LogP contribution is 2.06. The van der Waals surface area contributed by atoms with E-state index in [1.54, 1.807) is 4.68 Å². The van der Waals surface area contributed by atoms with Crippen LogP contribution in [-0.2, 0) is 7.05 Å². The Morgan fingerprint density at radius 1 is 1.36 bits per heavy atom. The van der Waals surface area contributed by atoms with Crippen LogP contribution in [0.5, 0.6) is 0 Å². The van der Waals surface area contributed by atoms with Crippen molar-refractivity contribution in [3.8, 4) is 0 Å². The molecule has 0 aliphatic rings. The number of fused-ring (bicyclic) bond motifs is 1. The molecule has 2 heterocycles. The van der Waals surface area contributed by atoms with Crippen molar-refractivity contribution in [2.45, 2.75) is 6.92 Å².